The van der Waals surface area contributed by atoms with Crippen molar-refractivity contribution in [1.29, 1.82) is 0 Å². The Morgan fingerprint density at radius 1 is 1.06 bits per heavy atom. The normalized spacial score (nSPS) is 10.8. The van der Waals surface area contributed by atoms with Gasteiger partial charge in [-0.05, 0) is 29.8 Å². The van der Waals surface area contributed by atoms with Crippen LogP contribution in [0.3, 0.4) is 0 Å². The Kier molecular flexibility index (Phi) is 6.02. The number of amides is 1. The third-order valence-electron chi connectivity index (χ3n) is 5.37. The van der Waals surface area contributed by atoms with Crippen LogP contribution in [-0.4, -0.2) is 30.9 Å². The number of carbonyl (C=O) groups excluding carboxylic acids is 1. The Morgan fingerprint density at radius 3 is 2.63 bits per heavy atom. The van der Waals surface area contributed by atoms with Gasteiger partial charge in [0.15, 0.2) is 5.65 Å². The maximum absolute atomic E-state index is 11.6. The van der Waals surface area contributed by atoms with Crippen LogP contribution in [0.2, 0.25) is 0 Å². The van der Waals surface area contributed by atoms with Gasteiger partial charge in [-0.2, -0.15) is 0 Å². The molecule has 8 heteroatoms. The lowest BCUT2D eigenvalue weighted by molar-refractivity contribution is -0.111. The summed E-state index contributed by atoms with van der Waals surface area (Å²) in [6.07, 6.45) is 6.37. The Morgan fingerprint density at radius 2 is 1.89 bits per heavy atom. The van der Waals surface area contributed by atoms with E-state index in [1.165, 1.54) is 12.3 Å². The van der Waals surface area contributed by atoms with Gasteiger partial charge in [0.25, 0.3) is 0 Å². The number of aromatic nitrogens is 4. The fraction of sp³-hybridized carbons (Fsp3) is 0.0370. The quantitative estimate of drug-likeness (QED) is 0.290. The molecule has 0 fully saturated rings. The lowest BCUT2D eigenvalue weighted by Gasteiger charge is -2.08. The SMILES string of the molecule is C=CC(=O)Nc1cccc(Oc2cnc3[nH]cc(-c4ccc(-c5ccc(CO)cc5)nc4)c3n2)c1. The maximum atomic E-state index is 11.6. The highest BCUT2D eigenvalue weighted by molar-refractivity contribution is 5.99. The van der Waals surface area contributed by atoms with Crippen LogP contribution in [0.1, 0.15) is 5.56 Å². The molecule has 0 saturated carbocycles. The maximum Gasteiger partial charge on any atom is 0.247 e. The first-order valence-electron chi connectivity index (χ1n) is 10.8. The van der Waals surface area contributed by atoms with Crippen molar-refractivity contribution >= 4 is 22.8 Å². The van der Waals surface area contributed by atoms with Crippen molar-refractivity contribution in [2.75, 3.05) is 5.32 Å². The minimum atomic E-state index is -0.304. The molecule has 35 heavy (non-hydrogen) atoms. The lowest BCUT2D eigenvalue weighted by Crippen LogP contribution is -2.07. The van der Waals surface area contributed by atoms with Crippen molar-refractivity contribution in [3.63, 3.8) is 0 Å². The Hall–Kier alpha value is -4.82. The highest BCUT2D eigenvalue weighted by Gasteiger charge is 2.12. The molecule has 2 aromatic carbocycles. The van der Waals surface area contributed by atoms with E-state index in [1.807, 2.05) is 42.6 Å². The standard InChI is InChI=1S/C27H21N5O3/c1-2-24(34)31-20-4-3-5-21(12-20)35-25-15-30-27-26(32-25)22(14-29-27)19-10-11-23(28-13-19)18-8-6-17(16-33)7-9-18/h2-15,33H,1,16H2,(H,29,30)(H,31,34). The first-order valence-corrected chi connectivity index (χ1v) is 10.8. The minimum absolute atomic E-state index is 0.0112. The van der Waals surface area contributed by atoms with Crippen molar-refractivity contribution in [3.05, 3.63) is 97.5 Å². The first kappa shape index (κ1) is 22.0. The molecular formula is C27H21N5O3. The number of nitrogens with zero attached hydrogens (tertiary/aromatic N) is 3. The van der Waals surface area contributed by atoms with Crippen molar-refractivity contribution in [2.24, 2.45) is 0 Å². The zero-order valence-corrected chi connectivity index (χ0v) is 18.6. The molecule has 3 aromatic heterocycles. The van der Waals surface area contributed by atoms with Gasteiger partial charge in [0.2, 0.25) is 11.8 Å². The number of nitrogens with one attached hydrogen (secondary N) is 2. The predicted molar refractivity (Wildman–Crippen MR) is 134 cm³/mol. The van der Waals surface area contributed by atoms with Crippen LogP contribution in [0.25, 0.3) is 33.5 Å². The number of ether oxygens (including phenoxy) is 1. The number of hydrogen-bond donors (Lipinski definition) is 3. The van der Waals surface area contributed by atoms with Gasteiger partial charge in [-0.25, -0.2) is 9.97 Å². The molecule has 5 aromatic rings. The molecule has 172 valence electrons. The van der Waals surface area contributed by atoms with E-state index in [-0.39, 0.29) is 12.5 Å². The van der Waals surface area contributed by atoms with Crippen molar-refractivity contribution < 1.29 is 14.6 Å². The molecule has 0 bridgehead atoms. The molecule has 0 aliphatic rings. The molecule has 0 saturated heterocycles. The summed E-state index contributed by atoms with van der Waals surface area (Å²) in [4.78, 5) is 28.4. The smallest absolute Gasteiger partial charge is 0.247 e. The number of aromatic amines is 1. The van der Waals surface area contributed by atoms with Gasteiger partial charge in [-0.15, -0.1) is 0 Å². The van der Waals surface area contributed by atoms with Crippen LogP contribution in [0.4, 0.5) is 5.69 Å². The second-order valence-corrected chi connectivity index (χ2v) is 7.72. The summed E-state index contributed by atoms with van der Waals surface area (Å²) in [6.45, 7) is 3.46. The van der Waals surface area contributed by atoms with Crippen LogP contribution in [-0.2, 0) is 11.4 Å². The van der Waals surface area contributed by atoms with Crippen molar-refractivity contribution in [2.45, 2.75) is 6.61 Å². The van der Waals surface area contributed by atoms with E-state index >= 15 is 0 Å². The summed E-state index contributed by atoms with van der Waals surface area (Å²) >= 11 is 0. The topological polar surface area (TPSA) is 113 Å². The molecule has 0 spiro atoms. The number of H-pyrrole nitrogens is 1. The highest BCUT2D eigenvalue weighted by Crippen LogP contribution is 2.30. The van der Waals surface area contributed by atoms with Gasteiger partial charge < -0.3 is 20.1 Å². The molecule has 0 atom stereocenters. The van der Waals surface area contributed by atoms with Gasteiger partial charge in [-0.3, -0.25) is 9.78 Å². The van der Waals surface area contributed by atoms with Gasteiger partial charge in [0, 0.05) is 40.8 Å². The average molecular weight is 463 g/mol. The summed E-state index contributed by atoms with van der Waals surface area (Å²) in [5.74, 6) is 0.525. The second kappa shape index (κ2) is 9.58. The molecule has 5 rings (SSSR count). The zero-order valence-electron chi connectivity index (χ0n) is 18.6. The molecular weight excluding hydrogens is 442 g/mol. The predicted octanol–water partition coefficient (Wildman–Crippen LogP) is 5.10. The largest absolute Gasteiger partial charge is 0.437 e. The van der Waals surface area contributed by atoms with E-state index in [0.717, 1.165) is 27.9 Å². The molecule has 1 amide bonds. The van der Waals surface area contributed by atoms with E-state index in [1.54, 1.807) is 30.5 Å². The van der Waals surface area contributed by atoms with Gasteiger partial charge in [0.05, 0.1) is 18.5 Å². The van der Waals surface area contributed by atoms with Gasteiger partial charge in [0.1, 0.15) is 11.3 Å². The van der Waals surface area contributed by atoms with Crippen LogP contribution in [0.5, 0.6) is 11.6 Å². The Labute approximate surface area is 201 Å². The minimum Gasteiger partial charge on any atom is -0.437 e. The second-order valence-electron chi connectivity index (χ2n) is 7.72. The number of hydrogen-bond acceptors (Lipinski definition) is 6. The fourth-order valence-corrected chi connectivity index (χ4v) is 3.60. The summed E-state index contributed by atoms with van der Waals surface area (Å²) in [5.41, 5.74) is 6.25. The van der Waals surface area contributed by atoms with Crippen LogP contribution < -0.4 is 10.1 Å². The van der Waals surface area contributed by atoms with Gasteiger partial charge in [-0.1, -0.05) is 43.0 Å². The average Bonchev–Trinajstić information content (AvgIpc) is 3.32. The van der Waals surface area contributed by atoms with Crippen LogP contribution >= 0.6 is 0 Å². The number of rotatable bonds is 7. The van der Waals surface area contributed by atoms with Gasteiger partial charge >= 0.3 is 0 Å². The third kappa shape index (κ3) is 4.78. The number of fused-ring (bicyclic) bond motifs is 1. The van der Waals surface area contributed by atoms with E-state index in [4.69, 9.17) is 4.74 Å². The van der Waals surface area contributed by atoms with E-state index < -0.39 is 0 Å². The number of anilines is 1. The highest BCUT2D eigenvalue weighted by atomic mass is 16.5. The Bertz CT molecular complexity index is 1510. The number of carbonyl (C=O) groups is 1. The van der Waals surface area contributed by atoms with E-state index in [9.17, 15) is 9.90 Å². The number of pyridine rings is 1. The summed E-state index contributed by atoms with van der Waals surface area (Å²) in [5, 5.41) is 11.9. The first-order chi connectivity index (χ1) is 17.1. The molecule has 3 N–H and O–H groups in total. The molecule has 0 aliphatic carbocycles. The van der Waals surface area contributed by atoms with Crippen LogP contribution in [0.15, 0.2) is 91.9 Å². The summed E-state index contributed by atoms with van der Waals surface area (Å²) in [6, 6.07) is 18.5. The molecule has 8 nitrogen and oxygen atoms in total. The monoisotopic (exact) mass is 463 g/mol. The fourth-order valence-electron chi connectivity index (χ4n) is 3.60. The van der Waals surface area contributed by atoms with Crippen LogP contribution in [0, 0.1) is 0 Å². The summed E-state index contributed by atoms with van der Waals surface area (Å²) in [7, 11) is 0. The van der Waals surface area contributed by atoms with Crippen molar-refractivity contribution in [1.82, 2.24) is 19.9 Å². The number of aliphatic hydroxyl groups is 1. The lowest BCUT2D eigenvalue weighted by atomic mass is 10.1. The molecule has 0 aliphatic heterocycles. The molecule has 3 heterocycles. The summed E-state index contributed by atoms with van der Waals surface area (Å²) < 4.78 is 5.90. The third-order valence-corrected chi connectivity index (χ3v) is 5.37. The van der Waals surface area contributed by atoms with E-state index in [2.05, 4.69) is 31.8 Å². The number of aliphatic hydroxyl groups excluding tert-OH is 1. The molecule has 0 unspecified atom stereocenters. The van der Waals surface area contributed by atoms with E-state index in [0.29, 0.717) is 28.5 Å². The Balaban J connectivity index is 1.40. The molecule has 0 radical (unpaired) electrons. The van der Waals surface area contributed by atoms with Crippen molar-refractivity contribution in [3.8, 4) is 34.0 Å². The number of benzene rings is 2. The zero-order chi connectivity index (χ0) is 24.2.